The number of hydrogen-bond donors (Lipinski definition) is 2. The van der Waals surface area contributed by atoms with Crippen LogP contribution in [0.5, 0.6) is 0 Å². The van der Waals surface area contributed by atoms with Crippen LogP contribution in [0.3, 0.4) is 0 Å². The number of carboxylic acids is 1. The van der Waals surface area contributed by atoms with Gasteiger partial charge in [-0.15, -0.1) is 0 Å². The summed E-state index contributed by atoms with van der Waals surface area (Å²) in [5.41, 5.74) is -0.959. The van der Waals surface area contributed by atoms with E-state index in [9.17, 15) is 27.9 Å². The molecular formula is C16H19F3N2O3. The topological polar surface area (TPSA) is 69.6 Å². The van der Waals surface area contributed by atoms with Crippen LogP contribution in [0, 0.1) is 0 Å². The van der Waals surface area contributed by atoms with Gasteiger partial charge in [-0.3, -0.25) is 14.9 Å². The first kappa shape index (κ1) is 18.3. The van der Waals surface area contributed by atoms with E-state index in [0.717, 1.165) is 37.5 Å². The monoisotopic (exact) mass is 344 g/mol. The Bertz CT molecular complexity index is 598. The van der Waals surface area contributed by atoms with Crippen LogP contribution in [-0.4, -0.2) is 41.5 Å². The molecule has 2 N–H and O–H groups in total. The first-order valence-corrected chi connectivity index (χ1v) is 7.70. The van der Waals surface area contributed by atoms with Crippen molar-refractivity contribution in [3.8, 4) is 0 Å². The van der Waals surface area contributed by atoms with Crippen molar-refractivity contribution in [3.63, 3.8) is 0 Å². The van der Waals surface area contributed by atoms with E-state index in [1.54, 1.807) is 4.90 Å². The van der Waals surface area contributed by atoms with Crippen LogP contribution in [0.4, 0.5) is 13.2 Å². The zero-order valence-electron chi connectivity index (χ0n) is 13.0. The number of hydrogen-bond acceptors (Lipinski definition) is 3. The first-order chi connectivity index (χ1) is 11.3. The summed E-state index contributed by atoms with van der Waals surface area (Å²) in [7, 11) is 0. The molecule has 1 heterocycles. The van der Waals surface area contributed by atoms with Gasteiger partial charge in [0.1, 0.15) is 6.04 Å². The zero-order valence-corrected chi connectivity index (χ0v) is 13.0. The van der Waals surface area contributed by atoms with Gasteiger partial charge in [-0.05, 0) is 37.0 Å². The largest absolute Gasteiger partial charge is 0.480 e. The van der Waals surface area contributed by atoms with E-state index < -0.39 is 23.8 Å². The second-order valence-corrected chi connectivity index (χ2v) is 5.72. The highest BCUT2D eigenvalue weighted by Gasteiger charge is 2.32. The summed E-state index contributed by atoms with van der Waals surface area (Å²) >= 11 is 0. The molecule has 24 heavy (non-hydrogen) atoms. The van der Waals surface area contributed by atoms with Crippen LogP contribution >= 0.6 is 0 Å². The van der Waals surface area contributed by atoms with Crippen LogP contribution < -0.4 is 5.32 Å². The number of amides is 1. The molecule has 8 heteroatoms. The Morgan fingerprint density at radius 3 is 2.46 bits per heavy atom. The Balaban J connectivity index is 2.07. The van der Waals surface area contributed by atoms with Gasteiger partial charge < -0.3 is 10.0 Å². The lowest BCUT2D eigenvalue weighted by molar-refractivity contribution is -0.141. The summed E-state index contributed by atoms with van der Waals surface area (Å²) in [6, 6.07) is 2.74. The SMILES string of the molecule is O=C(O)C(NCC(=O)N1CCCCC1)c1cccc(C(F)(F)F)c1. The molecule has 1 aromatic carbocycles. The minimum Gasteiger partial charge on any atom is -0.480 e. The molecule has 5 nitrogen and oxygen atoms in total. The molecule has 1 fully saturated rings. The average Bonchev–Trinajstić information content (AvgIpc) is 2.55. The molecule has 0 aromatic heterocycles. The summed E-state index contributed by atoms with van der Waals surface area (Å²) in [5.74, 6) is -1.58. The Morgan fingerprint density at radius 2 is 1.88 bits per heavy atom. The van der Waals surface area contributed by atoms with Crippen molar-refractivity contribution in [2.45, 2.75) is 31.5 Å². The van der Waals surface area contributed by atoms with E-state index in [1.165, 1.54) is 6.07 Å². The van der Waals surface area contributed by atoms with Crippen LogP contribution in [0.2, 0.25) is 0 Å². The number of nitrogens with one attached hydrogen (secondary N) is 1. The molecule has 1 atom stereocenters. The number of benzene rings is 1. The van der Waals surface area contributed by atoms with E-state index in [0.29, 0.717) is 13.1 Å². The van der Waals surface area contributed by atoms with Gasteiger partial charge in [-0.1, -0.05) is 12.1 Å². The van der Waals surface area contributed by atoms with Gasteiger partial charge in [-0.2, -0.15) is 13.2 Å². The average molecular weight is 344 g/mol. The molecule has 1 aliphatic heterocycles. The predicted molar refractivity (Wildman–Crippen MR) is 80.3 cm³/mol. The number of likely N-dealkylation sites (tertiary alicyclic amines) is 1. The molecule has 0 saturated carbocycles. The number of nitrogens with zero attached hydrogens (tertiary/aromatic N) is 1. The van der Waals surface area contributed by atoms with Crippen molar-refractivity contribution in [2.24, 2.45) is 0 Å². The molecule has 0 bridgehead atoms. The zero-order chi connectivity index (χ0) is 17.7. The summed E-state index contributed by atoms with van der Waals surface area (Å²) in [5, 5.41) is 11.8. The molecule has 0 radical (unpaired) electrons. The summed E-state index contributed by atoms with van der Waals surface area (Å²) < 4.78 is 38.3. The molecule has 2 rings (SSSR count). The first-order valence-electron chi connectivity index (χ1n) is 7.70. The maximum absolute atomic E-state index is 12.8. The molecule has 0 aliphatic carbocycles. The molecule has 1 aromatic rings. The quantitative estimate of drug-likeness (QED) is 0.861. The second kappa shape index (κ2) is 7.65. The van der Waals surface area contributed by atoms with E-state index in [-0.39, 0.29) is 18.0 Å². The standard InChI is InChI=1S/C16H19F3N2O3/c17-16(18,19)12-6-4-5-11(9-12)14(15(23)24)20-10-13(22)21-7-2-1-3-8-21/h4-6,9,14,20H,1-3,7-8,10H2,(H,23,24). The van der Waals surface area contributed by atoms with Crippen molar-refractivity contribution in [2.75, 3.05) is 19.6 Å². The van der Waals surface area contributed by atoms with Gasteiger partial charge in [0.2, 0.25) is 5.91 Å². The fraction of sp³-hybridized carbons (Fsp3) is 0.500. The fourth-order valence-corrected chi connectivity index (χ4v) is 2.69. The minimum atomic E-state index is -4.55. The lowest BCUT2D eigenvalue weighted by atomic mass is 10.0. The van der Waals surface area contributed by atoms with Gasteiger partial charge in [0.15, 0.2) is 0 Å². The third-order valence-corrected chi connectivity index (χ3v) is 3.96. The van der Waals surface area contributed by atoms with Crippen LogP contribution in [-0.2, 0) is 15.8 Å². The number of alkyl halides is 3. The third kappa shape index (κ3) is 4.70. The summed E-state index contributed by atoms with van der Waals surface area (Å²) in [6.45, 7) is 1.02. The van der Waals surface area contributed by atoms with Crippen LogP contribution in [0.25, 0.3) is 0 Å². The number of piperidine rings is 1. The lowest BCUT2D eigenvalue weighted by Crippen LogP contribution is -2.43. The molecule has 1 amide bonds. The lowest BCUT2D eigenvalue weighted by Gasteiger charge is -2.27. The van der Waals surface area contributed by atoms with Crippen molar-refractivity contribution < 1.29 is 27.9 Å². The van der Waals surface area contributed by atoms with Gasteiger partial charge in [0.05, 0.1) is 12.1 Å². The number of rotatable bonds is 5. The molecule has 0 spiro atoms. The molecular weight excluding hydrogens is 325 g/mol. The van der Waals surface area contributed by atoms with E-state index in [2.05, 4.69) is 5.32 Å². The van der Waals surface area contributed by atoms with Gasteiger partial charge >= 0.3 is 12.1 Å². The van der Waals surface area contributed by atoms with Crippen molar-refractivity contribution in [1.82, 2.24) is 10.2 Å². The fourth-order valence-electron chi connectivity index (χ4n) is 2.69. The Kier molecular flexibility index (Phi) is 5.82. The smallest absolute Gasteiger partial charge is 0.416 e. The number of halogens is 3. The van der Waals surface area contributed by atoms with E-state index >= 15 is 0 Å². The van der Waals surface area contributed by atoms with Crippen molar-refractivity contribution in [1.29, 1.82) is 0 Å². The highest BCUT2D eigenvalue weighted by molar-refractivity contribution is 5.80. The normalized spacial score (nSPS) is 16.7. The summed E-state index contributed by atoms with van der Waals surface area (Å²) in [6.07, 6.45) is -1.69. The van der Waals surface area contributed by atoms with Gasteiger partial charge in [0.25, 0.3) is 0 Å². The predicted octanol–water partition coefficient (Wildman–Crippen LogP) is 2.43. The number of carboxylic acid groups (broad SMARTS) is 1. The summed E-state index contributed by atoms with van der Waals surface area (Å²) in [4.78, 5) is 25.1. The third-order valence-electron chi connectivity index (χ3n) is 3.96. The molecule has 1 aliphatic rings. The Labute approximate surface area is 137 Å². The van der Waals surface area contributed by atoms with Crippen molar-refractivity contribution >= 4 is 11.9 Å². The van der Waals surface area contributed by atoms with Gasteiger partial charge in [-0.25, -0.2) is 0 Å². The Hall–Kier alpha value is -2.09. The maximum Gasteiger partial charge on any atom is 0.416 e. The van der Waals surface area contributed by atoms with Crippen molar-refractivity contribution in [3.05, 3.63) is 35.4 Å². The number of aliphatic carboxylic acids is 1. The van der Waals surface area contributed by atoms with Crippen LogP contribution in [0.15, 0.2) is 24.3 Å². The minimum absolute atomic E-state index is 0.0382. The highest BCUT2D eigenvalue weighted by Crippen LogP contribution is 2.30. The van der Waals surface area contributed by atoms with E-state index in [4.69, 9.17) is 0 Å². The van der Waals surface area contributed by atoms with E-state index in [1.807, 2.05) is 0 Å². The number of carbonyl (C=O) groups excluding carboxylic acids is 1. The molecule has 1 unspecified atom stereocenters. The highest BCUT2D eigenvalue weighted by atomic mass is 19.4. The maximum atomic E-state index is 12.8. The number of carbonyl (C=O) groups is 2. The molecule has 1 saturated heterocycles. The molecule has 132 valence electrons. The van der Waals surface area contributed by atoms with Crippen LogP contribution in [0.1, 0.15) is 36.4 Å². The van der Waals surface area contributed by atoms with Gasteiger partial charge in [0, 0.05) is 13.1 Å². The Morgan fingerprint density at radius 1 is 1.21 bits per heavy atom. The second-order valence-electron chi connectivity index (χ2n) is 5.72.